The number of hydrogen-bond donors (Lipinski definition) is 2. The second-order valence-electron chi connectivity index (χ2n) is 5.18. The minimum atomic E-state index is -1.14. The van der Waals surface area contributed by atoms with E-state index in [0.717, 1.165) is 5.56 Å². The topological polar surface area (TPSA) is 97.2 Å². The molecule has 7 nitrogen and oxygen atoms in total. The van der Waals surface area contributed by atoms with Gasteiger partial charge in [-0.05, 0) is 38.1 Å². The summed E-state index contributed by atoms with van der Waals surface area (Å²) in [5.41, 5.74) is -0.377. The number of nitrogens with one attached hydrogen (secondary N) is 1. The second kappa shape index (κ2) is 5.61. The van der Waals surface area contributed by atoms with Crippen LogP contribution in [-0.2, 0) is 5.60 Å². The van der Waals surface area contributed by atoms with Gasteiger partial charge in [-0.1, -0.05) is 5.16 Å². The van der Waals surface area contributed by atoms with Gasteiger partial charge in [0.05, 0.1) is 12.8 Å². The molecule has 3 aromatic heterocycles. The third-order valence-electron chi connectivity index (χ3n) is 3.20. The molecule has 0 spiro atoms. The molecule has 22 heavy (non-hydrogen) atoms. The van der Waals surface area contributed by atoms with Gasteiger partial charge in [-0.3, -0.25) is 0 Å². The van der Waals surface area contributed by atoms with Crippen molar-refractivity contribution in [2.24, 2.45) is 0 Å². The van der Waals surface area contributed by atoms with Crippen LogP contribution in [0.5, 0.6) is 0 Å². The summed E-state index contributed by atoms with van der Waals surface area (Å²) in [5.74, 6) is 2.09. The summed E-state index contributed by atoms with van der Waals surface area (Å²) < 4.78 is 10.4. The van der Waals surface area contributed by atoms with Crippen LogP contribution < -0.4 is 5.32 Å². The summed E-state index contributed by atoms with van der Waals surface area (Å²) in [6.45, 7) is 3.68. The maximum Gasteiger partial charge on any atom is 0.258 e. The zero-order valence-corrected chi connectivity index (χ0v) is 12.3. The summed E-state index contributed by atoms with van der Waals surface area (Å²) in [6.07, 6.45) is 3.17. The molecule has 0 aromatic carbocycles. The van der Waals surface area contributed by atoms with Crippen LogP contribution in [0, 0.1) is 6.92 Å². The summed E-state index contributed by atoms with van der Waals surface area (Å²) in [6, 6.07) is 7.03. The van der Waals surface area contributed by atoms with Crippen molar-refractivity contribution in [3.05, 3.63) is 48.3 Å². The number of pyridine rings is 1. The van der Waals surface area contributed by atoms with Gasteiger partial charge < -0.3 is 19.4 Å². The fourth-order valence-corrected chi connectivity index (χ4v) is 2.01. The molecule has 114 valence electrons. The molecule has 0 aliphatic heterocycles. The van der Waals surface area contributed by atoms with Gasteiger partial charge in [-0.15, -0.1) is 0 Å². The van der Waals surface area contributed by atoms with E-state index >= 15 is 0 Å². The first-order chi connectivity index (χ1) is 10.5. The third kappa shape index (κ3) is 2.99. The van der Waals surface area contributed by atoms with Crippen molar-refractivity contribution in [1.29, 1.82) is 0 Å². The van der Waals surface area contributed by atoms with Crippen LogP contribution in [0.2, 0.25) is 0 Å². The number of rotatable bonds is 5. The van der Waals surface area contributed by atoms with Crippen molar-refractivity contribution in [3.8, 4) is 11.5 Å². The Kier molecular flexibility index (Phi) is 3.64. The molecular weight excluding hydrogens is 284 g/mol. The van der Waals surface area contributed by atoms with Gasteiger partial charge in [0.15, 0.2) is 5.82 Å². The van der Waals surface area contributed by atoms with Gasteiger partial charge in [0, 0.05) is 11.8 Å². The van der Waals surface area contributed by atoms with E-state index in [2.05, 4.69) is 20.4 Å². The number of hydrogen-bond acceptors (Lipinski definition) is 7. The number of furan rings is 1. The fourth-order valence-electron chi connectivity index (χ4n) is 2.01. The Morgan fingerprint density at radius 2 is 2.23 bits per heavy atom. The summed E-state index contributed by atoms with van der Waals surface area (Å²) >= 11 is 0. The number of aliphatic hydroxyl groups is 1. The molecular formula is C15H16N4O3. The van der Waals surface area contributed by atoms with Crippen LogP contribution in [0.1, 0.15) is 18.5 Å². The Labute approximate surface area is 127 Å². The summed E-state index contributed by atoms with van der Waals surface area (Å²) in [4.78, 5) is 8.39. The molecule has 3 aromatic rings. The number of nitrogens with zero attached hydrogens (tertiary/aromatic N) is 3. The first kappa shape index (κ1) is 14.3. The highest BCUT2D eigenvalue weighted by molar-refractivity contribution is 5.57. The van der Waals surface area contributed by atoms with E-state index in [-0.39, 0.29) is 6.54 Å². The van der Waals surface area contributed by atoms with Crippen molar-refractivity contribution < 1.29 is 14.0 Å². The largest absolute Gasteiger partial charge is 0.466 e. The van der Waals surface area contributed by atoms with Crippen LogP contribution in [0.3, 0.4) is 0 Å². The molecule has 0 saturated heterocycles. The Morgan fingerprint density at radius 3 is 2.91 bits per heavy atom. The molecule has 1 unspecified atom stereocenters. The maximum absolute atomic E-state index is 10.4. The lowest BCUT2D eigenvalue weighted by atomic mass is 10.0. The minimum absolute atomic E-state index is 0.250. The van der Waals surface area contributed by atoms with Crippen LogP contribution in [-0.4, -0.2) is 26.8 Å². The predicted octanol–water partition coefficient (Wildman–Crippen LogP) is 2.35. The van der Waals surface area contributed by atoms with Crippen molar-refractivity contribution in [3.63, 3.8) is 0 Å². The first-order valence-corrected chi connectivity index (χ1v) is 6.81. The van der Waals surface area contributed by atoms with Crippen molar-refractivity contribution in [2.45, 2.75) is 19.4 Å². The number of aryl methyl sites for hydroxylation is 1. The highest BCUT2D eigenvalue weighted by Crippen LogP contribution is 2.23. The SMILES string of the molecule is Cc1noc(-c2ccnc(NCC(C)(O)c3ccco3)c2)n1. The zero-order valence-electron chi connectivity index (χ0n) is 12.3. The molecule has 0 fully saturated rings. The standard InChI is InChI=1S/C15H16N4O3/c1-10-18-14(22-19-10)11-5-6-16-13(8-11)17-9-15(2,20)12-4-3-7-21-12/h3-8,20H,9H2,1-2H3,(H,16,17). The van der Waals surface area contributed by atoms with Crippen molar-refractivity contribution in [1.82, 2.24) is 15.1 Å². The van der Waals surface area contributed by atoms with Gasteiger partial charge in [0.1, 0.15) is 17.2 Å². The molecule has 0 aliphatic rings. The van der Waals surface area contributed by atoms with Gasteiger partial charge in [-0.2, -0.15) is 4.98 Å². The molecule has 7 heteroatoms. The average molecular weight is 300 g/mol. The Balaban J connectivity index is 1.73. The Bertz CT molecular complexity index is 750. The zero-order chi connectivity index (χ0) is 15.6. The van der Waals surface area contributed by atoms with E-state index in [9.17, 15) is 5.11 Å². The normalized spacial score (nSPS) is 13.8. The van der Waals surface area contributed by atoms with Crippen LogP contribution >= 0.6 is 0 Å². The Morgan fingerprint density at radius 1 is 1.36 bits per heavy atom. The molecule has 2 N–H and O–H groups in total. The van der Waals surface area contributed by atoms with E-state index in [0.29, 0.717) is 23.3 Å². The maximum atomic E-state index is 10.4. The van der Waals surface area contributed by atoms with Crippen molar-refractivity contribution >= 4 is 5.82 Å². The molecule has 0 saturated carbocycles. The lowest BCUT2D eigenvalue weighted by molar-refractivity contribution is 0.0476. The molecule has 3 heterocycles. The lowest BCUT2D eigenvalue weighted by Gasteiger charge is -2.21. The van der Waals surface area contributed by atoms with Crippen LogP contribution in [0.25, 0.3) is 11.5 Å². The monoisotopic (exact) mass is 300 g/mol. The smallest absolute Gasteiger partial charge is 0.258 e. The quantitative estimate of drug-likeness (QED) is 0.746. The van der Waals surface area contributed by atoms with E-state index in [1.54, 1.807) is 44.3 Å². The second-order valence-corrected chi connectivity index (χ2v) is 5.18. The predicted molar refractivity (Wildman–Crippen MR) is 79.0 cm³/mol. The van der Waals surface area contributed by atoms with Crippen LogP contribution in [0.15, 0.2) is 45.7 Å². The third-order valence-corrected chi connectivity index (χ3v) is 3.20. The first-order valence-electron chi connectivity index (χ1n) is 6.81. The van der Waals surface area contributed by atoms with Gasteiger partial charge in [0.2, 0.25) is 0 Å². The summed E-state index contributed by atoms with van der Waals surface area (Å²) in [5, 5.41) is 17.2. The van der Waals surface area contributed by atoms with Crippen LogP contribution in [0.4, 0.5) is 5.82 Å². The van der Waals surface area contributed by atoms with E-state index in [4.69, 9.17) is 8.94 Å². The number of aromatic nitrogens is 3. The molecule has 0 aliphatic carbocycles. The van der Waals surface area contributed by atoms with Crippen molar-refractivity contribution in [2.75, 3.05) is 11.9 Å². The number of anilines is 1. The molecule has 0 radical (unpaired) electrons. The Hall–Kier alpha value is -2.67. The van der Waals surface area contributed by atoms with E-state index < -0.39 is 5.60 Å². The summed E-state index contributed by atoms with van der Waals surface area (Å²) in [7, 11) is 0. The highest BCUT2D eigenvalue weighted by Gasteiger charge is 2.26. The van der Waals surface area contributed by atoms with Gasteiger partial charge in [0.25, 0.3) is 5.89 Å². The fraction of sp³-hybridized carbons (Fsp3) is 0.267. The molecule has 1 atom stereocenters. The van der Waals surface area contributed by atoms with Gasteiger partial charge >= 0.3 is 0 Å². The average Bonchev–Trinajstić information content (AvgIpc) is 3.17. The molecule has 3 rings (SSSR count). The molecule has 0 bridgehead atoms. The molecule has 0 amide bonds. The van der Waals surface area contributed by atoms with Gasteiger partial charge in [-0.25, -0.2) is 4.98 Å². The minimum Gasteiger partial charge on any atom is -0.466 e. The van der Waals surface area contributed by atoms with E-state index in [1.165, 1.54) is 6.26 Å². The van der Waals surface area contributed by atoms with E-state index in [1.807, 2.05) is 0 Å². The highest BCUT2D eigenvalue weighted by atomic mass is 16.5. The lowest BCUT2D eigenvalue weighted by Crippen LogP contribution is -2.30.